The third-order valence-electron chi connectivity index (χ3n) is 6.27. The molecule has 1 atom stereocenters. The number of hydrogen-bond acceptors (Lipinski definition) is 4. The Bertz CT molecular complexity index is 524. The number of piperazine rings is 1. The van der Waals surface area contributed by atoms with Crippen molar-refractivity contribution in [1.29, 1.82) is 0 Å². The molecule has 25 heavy (non-hydrogen) atoms. The Labute approximate surface area is 153 Å². The molecule has 2 fully saturated rings. The fraction of sp³-hybridized carbons (Fsp3) is 0.850. The third-order valence-corrected chi connectivity index (χ3v) is 6.27. The number of aryl methyl sites for hydroxylation is 1. The molecule has 1 aromatic heterocycles. The molecular formula is C20H36N4O. The van der Waals surface area contributed by atoms with Gasteiger partial charge in [-0.2, -0.15) is 5.10 Å². The minimum Gasteiger partial charge on any atom is -0.396 e. The average molecular weight is 349 g/mol. The van der Waals surface area contributed by atoms with Crippen LogP contribution in [0.4, 0.5) is 0 Å². The molecule has 1 aromatic rings. The second kappa shape index (κ2) is 9.15. The molecule has 0 spiro atoms. The van der Waals surface area contributed by atoms with Gasteiger partial charge in [0.05, 0.1) is 6.20 Å². The lowest BCUT2D eigenvalue weighted by Gasteiger charge is -2.43. The topological polar surface area (TPSA) is 44.5 Å². The quantitative estimate of drug-likeness (QED) is 0.823. The van der Waals surface area contributed by atoms with Gasteiger partial charge in [-0.3, -0.25) is 14.5 Å². The zero-order valence-electron chi connectivity index (χ0n) is 16.2. The van der Waals surface area contributed by atoms with Gasteiger partial charge in [0.25, 0.3) is 0 Å². The van der Waals surface area contributed by atoms with E-state index in [4.69, 9.17) is 0 Å². The highest BCUT2D eigenvalue weighted by atomic mass is 16.3. The van der Waals surface area contributed by atoms with Crippen molar-refractivity contribution in [2.45, 2.75) is 71.5 Å². The van der Waals surface area contributed by atoms with Gasteiger partial charge in [-0.25, -0.2) is 0 Å². The molecule has 0 radical (unpaired) electrons. The molecule has 0 amide bonds. The molecule has 1 saturated heterocycles. The maximum atomic E-state index is 9.54. The van der Waals surface area contributed by atoms with Crippen molar-refractivity contribution in [2.75, 3.05) is 32.8 Å². The summed E-state index contributed by atoms with van der Waals surface area (Å²) in [6.45, 7) is 11.1. The summed E-state index contributed by atoms with van der Waals surface area (Å²) in [6, 6.07) is 0.502. The summed E-state index contributed by atoms with van der Waals surface area (Å²) in [5.74, 6) is 0.881. The molecule has 1 saturated carbocycles. The van der Waals surface area contributed by atoms with Crippen LogP contribution in [0.3, 0.4) is 0 Å². The Morgan fingerprint density at radius 3 is 2.68 bits per heavy atom. The van der Waals surface area contributed by atoms with Crippen molar-refractivity contribution in [1.82, 2.24) is 19.6 Å². The monoisotopic (exact) mass is 348 g/mol. The third kappa shape index (κ3) is 4.83. The van der Waals surface area contributed by atoms with Crippen molar-refractivity contribution in [3.8, 4) is 0 Å². The first-order valence-corrected chi connectivity index (χ1v) is 10.3. The van der Waals surface area contributed by atoms with Gasteiger partial charge in [-0.1, -0.05) is 19.3 Å². The minimum absolute atomic E-state index is 0.298. The SMILES string of the molecule is CCn1ncc(CN2CCN(CC3CCCCC3)C(CCO)C2)c1C. The normalized spacial score (nSPS) is 24.0. The van der Waals surface area contributed by atoms with Crippen molar-refractivity contribution in [3.63, 3.8) is 0 Å². The van der Waals surface area contributed by atoms with E-state index in [1.54, 1.807) is 0 Å². The van der Waals surface area contributed by atoms with Crippen molar-refractivity contribution < 1.29 is 5.11 Å². The second-order valence-corrected chi connectivity index (χ2v) is 7.97. The first-order chi connectivity index (χ1) is 12.2. The van der Waals surface area contributed by atoms with E-state index >= 15 is 0 Å². The van der Waals surface area contributed by atoms with E-state index in [0.29, 0.717) is 12.6 Å². The van der Waals surface area contributed by atoms with Gasteiger partial charge in [-0.05, 0) is 39.0 Å². The van der Waals surface area contributed by atoms with Crippen LogP contribution in [0, 0.1) is 12.8 Å². The van der Waals surface area contributed by atoms with Crippen molar-refractivity contribution in [3.05, 3.63) is 17.5 Å². The van der Waals surface area contributed by atoms with Gasteiger partial charge in [0, 0.05) is 63.2 Å². The van der Waals surface area contributed by atoms with Crippen molar-refractivity contribution in [2.24, 2.45) is 5.92 Å². The van der Waals surface area contributed by atoms with Crippen LogP contribution in [0.2, 0.25) is 0 Å². The Kier molecular flexibility index (Phi) is 6.91. The zero-order chi connectivity index (χ0) is 17.6. The summed E-state index contributed by atoms with van der Waals surface area (Å²) in [5.41, 5.74) is 2.65. The second-order valence-electron chi connectivity index (χ2n) is 7.97. The summed E-state index contributed by atoms with van der Waals surface area (Å²) in [5, 5.41) is 14.0. The van der Waals surface area contributed by atoms with Crippen LogP contribution in [0.25, 0.3) is 0 Å². The van der Waals surface area contributed by atoms with Crippen LogP contribution in [0.5, 0.6) is 0 Å². The Morgan fingerprint density at radius 2 is 2.00 bits per heavy atom. The molecule has 2 aliphatic rings. The van der Waals surface area contributed by atoms with Crippen molar-refractivity contribution >= 4 is 0 Å². The summed E-state index contributed by atoms with van der Waals surface area (Å²) in [6.07, 6.45) is 9.99. The van der Waals surface area contributed by atoms with Gasteiger partial charge >= 0.3 is 0 Å². The van der Waals surface area contributed by atoms with E-state index < -0.39 is 0 Å². The Balaban J connectivity index is 1.57. The fourth-order valence-corrected chi connectivity index (χ4v) is 4.67. The molecule has 1 unspecified atom stereocenters. The highest BCUT2D eigenvalue weighted by Crippen LogP contribution is 2.26. The lowest BCUT2D eigenvalue weighted by atomic mass is 9.88. The van der Waals surface area contributed by atoms with Crippen LogP contribution in [-0.2, 0) is 13.1 Å². The molecule has 142 valence electrons. The van der Waals surface area contributed by atoms with Crippen LogP contribution >= 0.6 is 0 Å². The number of hydrogen-bond donors (Lipinski definition) is 1. The van der Waals surface area contributed by atoms with E-state index in [1.165, 1.54) is 49.9 Å². The van der Waals surface area contributed by atoms with Gasteiger partial charge in [-0.15, -0.1) is 0 Å². The maximum Gasteiger partial charge on any atom is 0.0537 e. The number of nitrogens with zero attached hydrogens (tertiary/aromatic N) is 4. The fourth-order valence-electron chi connectivity index (χ4n) is 4.67. The lowest BCUT2D eigenvalue weighted by molar-refractivity contribution is 0.0399. The summed E-state index contributed by atoms with van der Waals surface area (Å²) in [7, 11) is 0. The van der Waals surface area contributed by atoms with E-state index in [1.807, 2.05) is 6.20 Å². The van der Waals surface area contributed by atoms with Gasteiger partial charge < -0.3 is 5.11 Å². The average Bonchev–Trinajstić information content (AvgIpc) is 2.98. The molecule has 0 bridgehead atoms. The van der Waals surface area contributed by atoms with E-state index in [0.717, 1.165) is 45.1 Å². The van der Waals surface area contributed by atoms with Gasteiger partial charge in [0.2, 0.25) is 0 Å². The molecular weight excluding hydrogens is 312 g/mol. The zero-order valence-corrected chi connectivity index (χ0v) is 16.2. The molecule has 3 rings (SSSR count). The van der Waals surface area contributed by atoms with Gasteiger partial charge in [0.1, 0.15) is 0 Å². The van der Waals surface area contributed by atoms with Crippen LogP contribution in [0.15, 0.2) is 6.20 Å². The van der Waals surface area contributed by atoms with Crippen LogP contribution < -0.4 is 0 Å². The molecule has 1 aliphatic carbocycles. The number of aliphatic hydroxyl groups excluding tert-OH is 1. The standard InChI is InChI=1S/C20H36N4O/c1-3-24-17(2)19(13-21-24)15-22-10-11-23(20(16-22)9-12-25)14-18-7-5-4-6-8-18/h13,18,20,25H,3-12,14-16H2,1-2H3. The van der Waals surface area contributed by atoms with E-state index in [9.17, 15) is 5.11 Å². The highest BCUT2D eigenvalue weighted by Gasteiger charge is 2.29. The summed E-state index contributed by atoms with van der Waals surface area (Å²) >= 11 is 0. The smallest absolute Gasteiger partial charge is 0.0537 e. The van der Waals surface area contributed by atoms with Crippen LogP contribution in [0.1, 0.15) is 56.7 Å². The minimum atomic E-state index is 0.298. The molecule has 1 N–H and O–H groups in total. The molecule has 2 heterocycles. The molecule has 5 heteroatoms. The summed E-state index contributed by atoms with van der Waals surface area (Å²) in [4.78, 5) is 5.23. The predicted octanol–water partition coefficient (Wildman–Crippen LogP) is 2.66. The number of rotatable bonds is 7. The van der Waals surface area contributed by atoms with E-state index in [2.05, 4.69) is 33.4 Å². The Morgan fingerprint density at radius 1 is 1.20 bits per heavy atom. The number of aliphatic hydroxyl groups is 1. The van der Waals surface area contributed by atoms with E-state index in [-0.39, 0.29) is 0 Å². The molecule has 0 aromatic carbocycles. The summed E-state index contributed by atoms with van der Waals surface area (Å²) < 4.78 is 2.08. The van der Waals surface area contributed by atoms with Crippen LogP contribution in [-0.4, -0.2) is 63.5 Å². The lowest BCUT2D eigenvalue weighted by Crippen LogP contribution is -2.54. The van der Waals surface area contributed by atoms with Gasteiger partial charge in [0.15, 0.2) is 0 Å². The first kappa shape index (κ1) is 18.9. The number of aromatic nitrogens is 2. The molecule has 1 aliphatic heterocycles. The predicted molar refractivity (Wildman–Crippen MR) is 102 cm³/mol. The largest absolute Gasteiger partial charge is 0.396 e. The first-order valence-electron chi connectivity index (χ1n) is 10.3. The molecule has 5 nitrogen and oxygen atoms in total. The Hall–Kier alpha value is -0.910. The highest BCUT2D eigenvalue weighted by molar-refractivity contribution is 5.16. The maximum absolute atomic E-state index is 9.54.